The lowest BCUT2D eigenvalue weighted by molar-refractivity contribution is -0.131. The lowest BCUT2D eigenvalue weighted by Gasteiger charge is -2.46. The van der Waals surface area contributed by atoms with Gasteiger partial charge in [-0.15, -0.1) is 0 Å². The SMILES string of the molecule is CC1=CC(O)CC(C)(C)C1(O)/C=C/C(C)=C/C(=O)O. The van der Waals surface area contributed by atoms with E-state index in [0.29, 0.717) is 17.6 Å². The minimum absolute atomic E-state index is 0.451. The Labute approximate surface area is 113 Å². The van der Waals surface area contributed by atoms with Crippen molar-refractivity contribution in [3.8, 4) is 0 Å². The first kappa shape index (κ1) is 15.7. The van der Waals surface area contributed by atoms with Crippen LogP contribution >= 0.6 is 0 Å². The number of aliphatic hydroxyl groups is 2. The molecule has 2 atom stereocenters. The van der Waals surface area contributed by atoms with E-state index in [-0.39, 0.29) is 0 Å². The van der Waals surface area contributed by atoms with Crippen molar-refractivity contribution in [2.45, 2.75) is 45.8 Å². The fourth-order valence-corrected chi connectivity index (χ4v) is 2.54. The quantitative estimate of drug-likeness (QED) is 0.415. The second-order valence-corrected chi connectivity index (χ2v) is 5.83. The van der Waals surface area contributed by atoms with Crippen molar-refractivity contribution in [1.29, 1.82) is 0 Å². The molecule has 106 valence electrons. The van der Waals surface area contributed by atoms with Gasteiger partial charge in [0.25, 0.3) is 0 Å². The Hall–Kier alpha value is -1.39. The number of aliphatic carboxylic acids is 1. The Morgan fingerprint density at radius 3 is 2.53 bits per heavy atom. The van der Waals surface area contributed by atoms with Crippen LogP contribution in [0, 0.1) is 5.41 Å². The maximum atomic E-state index is 10.8. The molecule has 4 nitrogen and oxygen atoms in total. The van der Waals surface area contributed by atoms with E-state index >= 15 is 0 Å². The minimum atomic E-state index is -1.18. The molecule has 1 aliphatic carbocycles. The first-order valence-corrected chi connectivity index (χ1v) is 6.28. The van der Waals surface area contributed by atoms with E-state index in [2.05, 4.69) is 0 Å². The zero-order valence-electron chi connectivity index (χ0n) is 11.8. The first-order chi connectivity index (χ1) is 8.58. The summed E-state index contributed by atoms with van der Waals surface area (Å²) in [6.07, 6.45) is 5.84. The standard InChI is InChI=1S/C15H22O4/c1-10(7-13(17)18)5-6-15(19)11(2)8-12(16)9-14(15,3)4/h5-8,12,16,19H,9H2,1-4H3,(H,17,18)/b6-5+,10-7+. The van der Waals surface area contributed by atoms with Crippen molar-refractivity contribution >= 4 is 5.97 Å². The lowest BCUT2D eigenvalue weighted by atomic mass is 9.64. The molecule has 1 aliphatic rings. The van der Waals surface area contributed by atoms with E-state index in [1.807, 2.05) is 13.8 Å². The molecule has 0 aromatic heterocycles. The number of rotatable bonds is 3. The Morgan fingerprint density at radius 1 is 1.47 bits per heavy atom. The van der Waals surface area contributed by atoms with Crippen LogP contribution in [0.2, 0.25) is 0 Å². The molecule has 4 heteroatoms. The molecule has 0 spiro atoms. The average molecular weight is 266 g/mol. The molecule has 0 fully saturated rings. The van der Waals surface area contributed by atoms with E-state index in [1.165, 1.54) is 0 Å². The largest absolute Gasteiger partial charge is 0.478 e. The predicted molar refractivity (Wildman–Crippen MR) is 73.6 cm³/mol. The monoisotopic (exact) mass is 266 g/mol. The summed E-state index contributed by atoms with van der Waals surface area (Å²) in [5.41, 5.74) is -0.475. The summed E-state index contributed by atoms with van der Waals surface area (Å²) in [6, 6.07) is 0. The summed E-state index contributed by atoms with van der Waals surface area (Å²) in [5, 5.41) is 29.2. The number of hydrogen-bond donors (Lipinski definition) is 3. The van der Waals surface area contributed by atoms with Crippen molar-refractivity contribution < 1.29 is 20.1 Å². The number of carboxylic acid groups (broad SMARTS) is 1. The van der Waals surface area contributed by atoms with Crippen LogP contribution in [-0.2, 0) is 4.79 Å². The van der Waals surface area contributed by atoms with Crippen LogP contribution in [0.15, 0.2) is 35.5 Å². The third kappa shape index (κ3) is 3.33. The summed E-state index contributed by atoms with van der Waals surface area (Å²) in [4.78, 5) is 10.6. The molecule has 0 aliphatic heterocycles. The number of carbonyl (C=O) groups is 1. The molecule has 0 heterocycles. The summed E-state index contributed by atoms with van der Waals surface area (Å²) in [5.74, 6) is -1.01. The fourth-order valence-electron chi connectivity index (χ4n) is 2.54. The fraction of sp³-hybridized carbons (Fsp3) is 0.533. The zero-order chi connectivity index (χ0) is 14.8. The Kier molecular flexibility index (Phi) is 4.38. The number of hydrogen-bond acceptors (Lipinski definition) is 3. The second kappa shape index (κ2) is 5.31. The number of carboxylic acids is 1. The van der Waals surface area contributed by atoms with E-state index in [1.54, 1.807) is 32.1 Å². The molecule has 0 aromatic carbocycles. The maximum Gasteiger partial charge on any atom is 0.328 e. The molecular formula is C15H22O4. The molecule has 2 unspecified atom stereocenters. The van der Waals surface area contributed by atoms with Crippen LogP contribution in [0.4, 0.5) is 0 Å². The van der Waals surface area contributed by atoms with Gasteiger partial charge in [-0.05, 0) is 37.5 Å². The third-order valence-corrected chi connectivity index (χ3v) is 3.73. The molecule has 19 heavy (non-hydrogen) atoms. The van der Waals surface area contributed by atoms with Crippen LogP contribution in [0.5, 0.6) is 0 Å². The van der Waals surface area contributed by atoms with Gasteiger partial charge < -0.3 is 15.3 Å². The van der Waals surface area contributed by atoms with Crippen LogP contribution in [0.25, 0.3) is 0 Å². The van der Waals surface area contributed by atoms with E-state index in [4.69, 9.17) is 5.11 Å². The van der Waals surface area contributed by atoms with Crippen LogP contribution in [0.3, 0.4) is 0 Å². The first-order valence-electron chi connectivity index (χ1n) is 6.28. The Balaban J connectivity index is 3.12. The van der Waals surface area contributed by atoms with Gasteiger partial charge in [0.15, 0.2) is 0 Å². The summed E-state index contributed by atoms with van der Waals surface area (Å²) in [6.45, 7) is 7.20. The molecular weight excluding hydrogens is 244 g/mol. The molecule has 0 saturated carbocycles. The van der Waals surface area contributed by atoms with Gasteiger partial charge in [-0.1, -0.05) is 26.0 Å². The normalized spacial score (nSPS) is 31.4. The Bertz CT molecular complexity index is 457. The van der Waals surface area contributed by atoms with Crippen molar-refractivity contribution in [2.75, 3.05) is 0 Å². The van der Waals surface area contributed by atoms with Gasteiger partial charge in [0.1, 0.15) is 5.60 Å². The predicted octanol–water partition coefficient (Wildman–Crippen LogP) is 2.04. The van der Waals surface area contributed by atoms with Crippen LogP contribution in [0.1, 0.15) is 34.1 Å². The molecule has 3 N–H and O–H groups in total. The van der Waals surface area contributed by atoms with Crippen molar-refractivity contribution in [2.24, 2.45) is 5.41 Å². The molecule has 0 radical (unpaired) electrons. The molecule has 0 amide bonds. The van der Waals surface area contributed by atoms with Gasteiger partial charge in [-0.25, -0.2) is 4.79 Å². The van der Waals surface area contributed by atoms with E-state index < -0.39 is 23.1 Å². The average Bonchev–Trinajstić information content (AvgIpc) is 2.21. The maximum absolute atomic E-state index is 10.8. The van der Waals surface area contributed by atoms with Gasteiger partial charge in [0, 0.05) is 11.5 Å². The summed E-state index contributed by atoms with van der Waals surface area (Å²) < 4.78 is 0. The van der Waals surface area contributed by atoms with Gasteiger partial charge in [0.05, 0.1) is 6.10 Å². The van der Waals surface area contributed by atoms with Gasteiger partial charge in [0.2, 0.25) is 0 Å². The van der Waals surface area contributed by atoms with Gasteiger partial charge >= 0.3 is 5.97 Å². The Morgan fingerprint density at radius 2 is 2.05 bits per heavy atom. The van der Waals surface area contributed by atoms with Crippen molar-refractivity contribution in [3.05, 3.63) is 35.5 Å². The summed E-state index contributed by atoms with van der Waals surface area (Å²) >= 11 is 0. The topological polar surface area (TPSA) is 77.8 Å². The van der Waals surface area contributed by atoms with E-state index in [0.717, 1.165) is 6.08 Å². The zero-order valence-corrected chi connectivity index (χ0v) is 11.8. The highest BCUT2D eigenvalue weighted by Crippen LogP contribution is 2.45. The molecule has 0 bridgehead atoms. The highest BCUT2D eigenvalue weighted by atomic mass is 16.4. The minimum Gasteiger partial charge on any atom is -0.478 e. The van der Waals surface area contributed by atoms with Crippen LogP contribution < -0.4 is 0 Å². The van der Waals surface area contributed by atoms with Crippen LogP contribution in [-0.4, -0.2) is 33.0 Å². The second-order valence-electron chi connectivity index (χ2n) is 5.83. The highest BCUT2D eigenvalue weighted by Gasteiger charge is 2.46. The van der Waals surface area contributed by atoms with Crippen molar-refractivity contribution in [1.82, 2.24) is 0 Å². The smallest absolute Gasteiger partial charge is 0.328 e. The molecule has 0 aromatic rings. The number of allylic oxidation sites excluding steroid dienone is 2. The van der Waals surface area contributed by atoms with Gasteiger partial charge in [-0.2, -0.15) is 0 Å². The third-order valence-electron chi connectivity index (χ3n) is 3.73. The van der Waals surface area contributed by atoms with E-state index in [9.17, 15) is 15.0 Å². The van der Waals surface area contributed by atoms with Crippen molar-refractivity contribution in [3.63, 3.8) is 0 Å². The number of aliphatic hydroxyl groups excluding tert-OH is 1. The molecule has 0 saturated heterocycles. The lowest BCUT2D eigenvalue weighted by Crippen LogP contribution is -2.48. The van der Waals surface area contributed by atoms with Gasteiger partial charge in [-0.3, -0.25) is 0 Å². The summed E-state index contributed by atoms with van der Waals surface area (Å²) in [7, 11) is 0. The molecule has 1 rings (SSSR count). The highest BCUT2D eigenvalue weighted by molar-refractivity contribution is 5.81.